The van der Waals surface area contributed by atoms with Gasteiger partial charge in [-0.2, -0.15) is 0 Å². The van der Waals surface area contributed by atoms with Crippen LogP contribution in [0, 0.1) is 5.92 Å². The van der Waals surface area contributed by atoms with Gasteiger partial charge in [-0.1, -0.05) is 44.2 Å². The minimum Gasteiger partial charge on any atom is -0.372 e. The molecule has 3 rings (SSSR count). The number of anilines is 1. The predicted octanol–water partition coefficient (Wildman–Crippen LogP) is 4.80. The van der Waals surface area contributed by atoms with Crippen molar-refractivity contribution in [2.75, 3.05) is 18.0 Å². The van der Waals surface area contributed by atoms with Gasteiger partial charge >= 0.3 is 0 Å². The van der Waals surface area contributed by atoms with Crippen molar-refractivity contribution in [3.63, 3.8) is 0 Å². The molecular weight excluding hydrogens is 230 g/mol. The third-order valence-corrected chi connectivity index (χ3v) is 4.97. The minimum absolute atomic E-state index is 1.01. The second kappa shape index (κ2) is 6.45. The molecule has 0 N–H and O–H groups in total. The van der Waals surface area contributed by atoms with Gasteiger partial charge in [0.1, 0.15) is 0 Å². The van der Waals surface area contributed by atoms with Gasteiger partial charge in [-0.25, -0.2) is 0 Å². The van der Waals surface area contributed by atoms with E-state index in [2.05, 4.69) is 29.2 Å². The molecule has 0 amide bonds. The second-order valence-corrected chi connectivity index (χ2v) is 6.40. The zero-order valence-corrected chi connectivity index (χ0v) is 12.1. The Balaban J connectivity index is 1.50. The Morgan fingerprint density at radius 1 is 0.842 bits per heavy atom. The largest absolute Gasteiger partial charge is 0.372 e. The lowest BCUT2D eigenvalue weighted by Gasteiger charge is -2.21. The Kier molecular flexibility index (Phi) is 4.42. The highest BCUT2D eigenvalue weighted by Crippen LogP contribution is 2.28. The summed E-state index contributed by atoms with van der Waals surface area (Å²) in [5.41, 5.74) is 2.97. The number of aryl methyl sites for hydroxylation is 1. The maximum atomic E-state index is 2.52. The van der Waals surface area contributed by atoms with Crippen LogP contribution in [0.3, 0.4) is 0 Å². The van der Waals surface area contributed by atoms with E-state index in [0.717, 1.165) is 5.92 Å². The third-order valence-electron chi connectivity index (χ3n) is 4.97. The van der Waals surface area contributed by atoms with Crippen LogP contribution in [-0.4, -0.2) is 13.1 Å². The van der Waals surface area contributed by atoms with Crippen molar-refractivity contribution in [2.24, 2.45) is 5.92 Å². The van der Waals surface area contributed by atoms with E-state index >= 15 is 0 Å². The number of rotatable bonds is 4. The summed E-state index contributed by atoms with van der Waals surface area (Å²) in [7, 11) is 0. The fraction of sp³-hybridized carbons (Fsp3) is 0.667. The quantitative estimate of drug-likeness (QED) is 0.749. The highest BCUT2D eigenvalue weighted by atomic mass is 15.1. The van der Waals surface area contributed by atoms with Gasteiger partial charge < -0.3 is 4.90 Å². The van der Waals surface area contributed by atoms with Crippen LogP contribution in [0.25, 0.3) is 0 Å². The monoisotopic (exact) mass is 257 g/mol. The smallest absolute Gasteiger partial charge is 0.0366 e. The molecule has 1 aliphatic heterocycles. The molecule has 1 heteroatoms. The van der Waals surface area contributed by atoms with Crippen LogP contribution in [0.4, 0.5) is 5.69 Å². The Hall–Kier alpha value is -0.980. The van der Waals surface area contributed by atoms with Crippen LogP contribution in [0.15, 0.2) is 24.3 Å². The Morgan fingerprint density at radius 2 is 1.53 bits per heavy atom. The number of benzene rings is 1. The van der Waals surface area contributed by atoms with Crippen molar-refractivity contribution < 1.29 is 0 Å². The fourth-order valence-corrected chi connectivity index (χ4v) is 3.70. The molecule has 104 valence electrons. The zero-order chi connectivity index (χ0) is 12.9. The Morgan fingerprint density at radius 3 is 2.21 bits per heavy atom. The molecule has 0 aromatic heterocycles. The highest BCUT2D eigenvalue weighted by molar-refractivity contribution is 5.48. The lowest BCUT2D eigenvalue weighted by molar-refractivity contribution is 0.339. The second-order valence-electron chi connectivity index (χ2n) is 6.40. The Labute approximate surface area is 118 Å². The maximum absolute atomic E-state index is 2.52. The van der Waals surface area contributed by atoms with Crippen LogP contribution in [0.5, 0.6) is 0 Å². The average Bonchev–Trinajstić information content (AvgIpc) is 3.01. The van der Waals surface area contributed by atoms with Gasteiger partial charge in [0.2, 0.25) is 0 Å². The Bertz CT molecular complexity index is 369. The normalized spacial score (nSPS) is 20.9. The van der Waals surface area contributed by atoms with Crippen molar-refractivity contribution >= 4 is 5.69 Å². The van der Waals surface area contributed by atoms with Crippen molar-refractivity contribution in [2.45, 2.75) is 57.8 Å². The predicted molar refractivity (Wildman–Crippen MR) is 82.8 cm³/mol. The van der Waals surface area contributed by atoms with E-state index in [1.807, 2.05) is 0 Å². The first-order chi connectivity index (χ1) is 9.42. The van der Waals surface area contributed by atoms with Gasteiger partial charge in [0.15, 0.2) is 0 Å². The van der Waals surface area contributed by atoms with Crippen LogP contribution in [0.1, 0.15) is 56.9 Å². The van der Waals surface area contributed by atoms with Crippen LogP contribution < -0.4 is 4.90 Å². The highest BCUT2D eigenvalue weighted by Gasteiger charge is 2.14. The van der Waals surface area contributed by atoms with E-state index in [1.54, 1.807) is 0 Å². The lowest BCUT2D eigenvalue weighted by atomic mass is 9.85. The van der Waals surface area contributed by atoms with E-state index in [1.165, 1.54) is 82.1 Å². The van der Waals surface area contributed by atoms with Crippen LogP contribution >= 0.6 is 0 Å². The molecule has 1 aliphatic carbocycles. The molecular formula is C18H27N. The first-order valence-electron chi connectivity index (χ1n) is 8.26. The van der Waals surface area contributed by atoms with Gasteiger partial charge in [0.25, 0.3) is 0 Å². The van der Waals surface area contributed by atoms with Gasteiger partial charge in [-0.3, -0.25) is 0 Å². The van der Waals surface area contributed by atoms with E-state index in [4.69, 9.17) is 0 Å². The molecule has 2 aliphatic rings. The molecule has 0 radical (unpaired) electrons. The molecule has 1 nitrogen and oxygen atoms in total. The van der Waals surface area contributed by atoms with Gasteiger partial charge in [-0.15, -0.1) is 0 Å². The molecule has 0 atom stereocenters. The van der Waals surface area contributed by atoms with E-state index in [9.17, 15) is 0 Å². The molecule has 0 unspecified atom stereocenters. The zero-order valence-electron chi connectivity index (χ0n) is 12.1. The molecule has 1 aromatic carbocycles. The molecule has 1 saturated heterocycles. The molecule has 1 heterocycles. The summed E-state index contributed by atoms with van der Waals surface area (Å²) in [5, 5.41) is 0. The third kappa shape index (κ3) is 3.52. The summed E-state index contributed by atoms with van der Waals surface area (Å²) in [5.74, 6) is 1.01. The van der Waals surface area contributed by atoms with Gasteiger partial charge in [-0.05, 0) is 49.3 Å². The molecule has 19 heavy (non-hydrogen) atoms. The van der Waals surface area contributed by atoms with Gasteiger partial charge in [0, 0.05) is 18.8 Å². The SMILES string of the molecule is c1cc(N2CCCC2)ccc1CCC1CCCCC1. The molecule has 1 saturated carbocycles. The molecule has 0 spiro atoms. The van der Waals surface area contributed by atoms with E-state index in [-0.39, 0.29) is 0 Å². The lowest BCUT2D eigenvalue weighted by Crippen LogP contribution is -2.17. The molecule has 0 bridgehead atoms. The van der Waals surface area contributed by atoms with E-state index < -0.39 is 0 Å². The van der Waals surface area contributed by atoms with Crippen molar-refractivity contribution in [1.29, 1.82) is 0 Å². The van der Waals surface area contributed by atoms with Crippen molar-refractivity contribution in [1.82, 2.24) is 0 Å². The number of nitrogens with zero attached hydrogens (tertiary/aromatic N) is 1. The summed E-state index contributed by atoms with van der Waals surface area (Å²) >= 11 is 0. The molecule has 1 aromatic rings. The fourth-order valence-electron chi connectivity index (χ4n) is 3.70. The van der Waals surface area contributed by atoms with Crippen molar-refractivity contribution in [3.8, 4) is 0 Å². The van der Waals surface area contributed by atoms with Crippen molar-refractivity contribution in [3.05, 3.63) is 29.8 Å². The minimum atomic E-state index is 1.01. The summed E-state index contributed by atoms with van der Waals surface area (Å²) in [6.07, 6.45) is 12.8. The number of hydrogen-bond donors (Lipinski definition) is 0. The number of hydrogen-bond acceptors (Lipinski definition) is 1. The topological polar surface area (TPSA) is 3.24 Å². The van der Waals surface area contributed by atoms with Crippen LogP contribution in [0.2, 0.25) is 0 Å². The summed E-state index contributed by atoms with van der Waals surface area (Å²) in [6, 6.07) is 9.38. The van der Waals surface area contributed by atoms with Crippen LogP contribution in [-0.2, 0) is 6.42 Å². The first kappa shape index (κ1) is 13.0. The maximum Gasteiger partial charge on any atom is 0.0366 e. The first-order valence-corrected chi connectivity index (χ1v) is 8.26. The van der Waals surface area contributed by atoms with Gasteiger partial charge in [0.05, 0.1) is 0 Å². The summed E-state index contributed by atoms with van der Waals surface area (Å²) < 4.78 is 0. The summed E-state index contributed by atoms with van der Waals surface area (Å²) in [6.45, 7) is 2.50. The van der Waals surface area contributed by atoms with E-state index in [0.29, 0.717) is 0 Å². The molecule has 2 fully saturated rings. The average molecular weight is 257 g/mol. The summed E-state index contributed by atoms with van der Waals surface area (Å²) in [4.78, 5) is 2.52. The standard InChI is InChI=1S/C18H27N/c1-2-6-16(7-3-1)8-9-17-10-12-18(13-11-17)19-14-4-5-15-19/h10-13,16H,1-9,14-15H2.